The zero-order valence-electron chi connectivity index (χ0n) is 14.2. The lowest BCUT2D eigenvalue weighted by atomic mass is 9.90. The molecule has 2 aromatic rings. The number of hydrogen-bond acceptors (Lipinski definition) is 6. The van der Waals surface area contributed by atoms with Crippen molar-refractivity contribution in [2.24, 2.45) is 0 Å². The van der Waals surface area contributed by atoms with Crippen LogP contribution in [-0.4, -0.2) is 43.2 Å². The molecule has 0 aliphatic carbocycles. The van der Waals surface area contributed by atoms with Gasteiger partial charge in [-0.15, -0.1) is 5.10 Å². The van der Waals surface area contributed by atoms with E-state index in [2.05, 4.69) is 25.2 Å². The largest absolute Gasteiger partial charge is 0.382 e. The van der Waals surface area contributed by atoms with Gasteiger partial charge >= 0.3 is 0 Å². The van der Waals surface area contributed by atoms with Crippen molar-refractivity contribution in [2.75, 3.05) is 18.0 Å². The van der Waals surface area contributed by atoms with Gasteiger partial charge < -0.3 is 10.0 Å². The summed E-state index contributed by atoms with van der Waals surface area (Å²) in [6, 6.07) is 2.19. The summed E-state index contributed by atoms with van der Waals surface area (Å²) in [6.45, 7) is 9.28. The Balaban J connectivity index is 1.86. The van der Waals surface area contributed by atoms with E-state index in [0.717, 1.165) is 30.3 Å². The van der Waals surface area contributed by atoms with E-state index in [1.807, 2.05) is 40.0 Å². The lowest BCUT2D eigenvalue weighted by Gasteiger charge is -2.38. The minimum atomic E-state index is -0.988. The molecule has 23 heavy (non-hydrogen) atoms. The van der Waals surface area contributed by atoms with Crippen molar-refractivity contribution in [3.8, 4) is 0 Å². The maximum absolute atomic E-state index is 11.1. The third kappa shape index (κ3) is 3.19. The summed E-state index contributed by atoms with van der Waals surface area (Å²) in [7, 11) is 0. The predicted molar refractivity (Wildman–Crippen MR) is 87.3 cm³/mol. The van der Waals surface area contributed by atoms with Gasteiger partial charge in [0.1, 0.15) is 22.9 Å². The number of rotatable bonds is 3. The van der Waals surface area contributed by atoms with Gasteiger partial charge in [-0.2, -0.15) is 0 Å². The smallest absolute Gasteiger partial charge is 0.132 e. The van der Waals surface area contributed by atoms with Crippen molar-refractivity contribution < 1.29 is 5.11 Å². The third-order valence-electron chi connectivity index (χ3n) is 4.26. The van der Waals surface area contributed by atoms with E-state index in [4.69, 9.17) is 0 Å². The maximum Gasteiger partial charge on any atom is 0.132 e. The van der Waals surface area contributed by atoms with Gasteiger partial charge in [-0.1, -0.05) is 5.21 Å². The van der Waals surface area contributed by atoms with Crippen molar-refractivity contribution in [1.29, 1.82) is 0 Å². The van der Waals surface area contributed by atoms with E-state index < -0.39 is 5.60 Å². The minimum absolute atomic E-state index is 0.228. The van der Waals surface area contributed by atoms with E-state index in [9.17, 15) is 5.11 Å². The number of nitrogens with zero attached hydrogens (tertiary/aromatic N) is 6. The Hall–Kier alpha value is -2.02. The number of aromatic nitrogens is 5. The van der Waals surface area contributed by atoms with Gasteiger partial charge in [-0.25, -0.2) is 14.6 Å². The first kappa shape index (κ1) is 15.9. The Kier molecular flexibility index (Phi) is 4.06. The number of aryl methyl sites for hydroxylation is 2. The SMILES string of the molecule is Cc1cc(N2CCCC(O)(c3cn(C(C)C)nn3)C2)nc(C)n1. The monoisotopic (exact) mass is 316 g/mol. The number of anilines is 1. The number of piperidine rings is 1. The molecule has 7 nitrogen and oxygen atoms in total. The van der Waals surface area contributed by atoms with Gasteiger partial charge in [0.25, 0.3) is 0 Å². The highest BCUT2D eigenvalue weighted by Gasteiger charge is 2.38. The standard InChI is InChI=1S/C16H24N6O/c1-11(2)22-9-14(19-20-22)16(23)6-5-7-21(10-16)15-8-12(3)17-13(4)18-15/h8-9,11,23H,5-7,10H2,1-4H3. The van der Waals surface area contributed by atoms with Gasteiger partial charge in [0, 0.05) is 24.3 Å². The summed E-state index contributed by atoms with van der Waals surface area (Å²) in [5, 5.41) is 19.4. The lowest BCUT2D eigenvalue weighted by molar-refractivity contribution is 0.0174. The lowest BCUT2D eigenvalue weighted by Crippen LogP contribution is -2.47. The van der Waals surface area contributed by atoms with Crippen molar-refractivity contribution >= 4 is 5.82 Å². The van der Waals surface area contributed by atoms with Gasteiger partial charge in [0.05, 0.1) is 12.7 Å². The van der Waals surface area contributed by atoms with Crippen LogP contribution in [0, 0.1) is 13.8 Å². The van der Waals surface area contributed by atoms with Crippen LogP contribution in [0.2, 0.25) is 0 Å². The molecule has 0 bridgehead atoms. The molecule has 0 aromatic carbocycles. The molecule has 1 fully saturated rings. The zero-order valence-corrected chi connectivity index (χ0v) is 14.2. The quantitative estimate of drug-likeness (QED) is 0.929. The molecule has 2 aromatic heterocycles. The summed E-state index contributed by atoms with van der Waals surface area (Å²) < 4.78 is 1.78. The minimum Gasteiger partial charge on any atom is -0.382 e. The summed E-state index contributed by atoms with van der Waals surface area (Å²) in [5.74, 6) is 1.62. The summed E-state index contributed by atoms with van der Waals surface area (Å²) in [5.41, 5.74) is 0.587. The predicted octanol–water partition coefficient (Wildman–Crippen LogP) is 1.75. The van der Waals surface area contributed by atoms with Gasteiger partial charge in [0.2, 0.25) is 0 Å². The Bertz CT molecular complexity index is 677. The van der Waals surface area contributed by atoms with E-state index >= 15 is 0 Å². The Morgan fingerprint density at radius 3 is 2.70 bits per heavy atom. The molecule has 1 unspecified atom stereocenters. The van der Waals surface area contributed by atoms with E-state index in [1.54, 1.807) is 4.68 Å². The zero-order chi connectivity index (χ0) is 16.6. The molecule has 0 amide bonds. The second-order valence-corrected chi connectivity index (χ2v) is 6.65. The van der Waals surface area contributed by atoms with Crippen molar-refractivity contribution in [3.05, 3.63) is 29.5 Å². The van der Waals surface area contributed by atoms with Crippen LogP contribution in [0.4, 0.5) is 5.82 Å². The first-order valence-corrected chi connectivity index (χ1v) is 8.09. The van der Waals surface area contributed by atoms with Crippen LogP contribution in [-0.2, 0) is 5.60 Å². The maximum atomic E-state index is 11.1. The first-order chi connectivity index (χ1) is 10.9. The molecule has 1 aliphatic rings. The number of hydrogen-bond donors (Lipinski definition) is 1. The highest BCUT2D eigenvalue weighted by molar-refractivity contribution is 5.41. The number of aliphatic hydroxyl groups is 1. The molecule has 3 rings (SSSR count). The third-order valence-corrected chi connectivity index (χ3v) is 4.26. The fourth-order valence-corrected chi connectivity index (χ4v) is 3.04. The van der Waals surface area contributed by atoms with Crippen LogP contribution in [0.3, 0.4) is 0 Å². The first-order valence-electron chi connectivity index (χ1n) is 8.09. The van der Waals surface area contributed by atoms with Crippen molar-refractivity contribution in [2.45, 2.75) is 52.2 Å². The second-order valence-electron chi connectivity index (χ2n) is 6.65. The fourth-order valence-electron chi connectivity index (χ4n) is 3.04. The second kappa shape index (κ2) is 5.88. The van der Waals surface area contributed by atoms with Gasteiger partial charge in [-0.05, 0) is 40.5 Å². The Morgan fingerprint density at radius 2 is 2.04 bits per heavy atom. The van der Waals surface area contributed by atoms with Gasteiger partial charge in [0.15, 0.2) is 0 Å². The number of β-amino-alcohol motifs (C(OH)–C–C–N with tert-alkyl or cyclic N) is 1. The molecular formula is C16H24N6O. The Labute approximate surface area is 136 Å². The average Bonchev–Trinajstić information content (AvgIpc) is 2.97. The van der Waals surface area contributed by atoms with E-state index in [-0.39, 0.29) is 6.04 Å². The molecule has 0 radical (unpaired) electrons. The molecule has 0 spiro atoms. The molecule has 1 saturated heterocycles. The van der Waals surface area contributed by atoms with E-state index in [1.165, 1.54) is 0 Å². The molecule has 1 N–H and O–H groups in total. The molecule has 7 heteroatoms. The summed E-state index contributed by atoms with van der Waals surface area (Å²) in [4.78, 5) is 10.9. The molecule has 1 atom stereocenters. The van der Waals surface area contributed by atoms with Crippen LogP contribution in [0.1, 0.15) is 49.9 Å². The van der Waals surface area contributed by atoms with E-state index in [0.29, 0.717) is 18.7 Å². The van der Waals surface area contributed by atoms with Gasteiger partial charge in [-0.3, -0.25) is 0 Å². The topological polar surface area (TPSA) is 80.0 Å². The van der Waals surface area contributed by atoms with Crippen LogP contribution < -0.4 is 4.90 Å². The molecule has 3 heterocycles. The highest BCUT2D eigenvalue weighted by atomic mass is 16.3. The van der Waals surface area contributed by atoms with Crippen molar-refractivity contribution in [3.63, 3.8) is 0 Å². The van der Waals surface area contributed by atoms with Crippen LogP contribution in [0.5, 0.6) is 0 Å². The van der Waals surface area contributed by atoms with Crippen LogP contribution in [0.25, 0.3) is 0 Å². The van der Waals surface area contributed by atoms with Crippen LogP contribution >= 0.6 is 0 Å². The highest BCUT2D eigenvalue weighted by Crippen LogP contribution is 2.32. The normalized spacial score (nSPS) is 21.9. The van der Waals surface area contributed by atoms with Crippen molar-refractivity contribution in [1.82, 2.24) is 25.0 Å². The summed E-state index contributed by atoms with van der Waals surface area (Å²) in [6.07, 6.45) is 3.42. The summed E-state index contributed by atoms with van der Waals surface area (Å²) >= 11 is 0. The molecule has 124 valence electrons. The molecular weight excluding hydrogens is 292 g/mol. The molecule has 0 saturated carbocycles. The average molecular weight is 316 g/mol. The fraction of sp³-hybridized carbons (Fsp3) is 0.625. The molecule has 1 aliphatic heterocycles. The van der Waals surface area contributed by atoms with Crippen LogP contribution in [0.15, 0.2) is 12.3 Å². The Morgan fingerprint density at radius 1 is 1.26 bits per heavy atom.